The van der Waals surface area contributed by atoms with E-state index in [2.05, 4.69) is 4.98 Å². The van der Waals surface area contributed by atoms with E-state index in [0.717, 1.165) is 23.6 Å². The van der Waals surface area contributed by atoms with Gasteiger partial charge in [-0.1, -0.05) is 11.6 Å². The molecule has 18 heavy (non-hydrogen) atoms. The van der Waals surface area contributed by atoms with Crippen LogP contribution in [0.1, 0.15) is 16.9 Å². The SMILES string of the molecule is FC(F)c1cnc2sc(CC(F)(F)F)cc2c1Cl. The van der Waals surface area contributed by atoms with Crippen LogP contribution in [0.15, 0.2) is 12.3 Å². The third-order valence-corrected chi connectivity index (χ3v) is 3.65. The zero-order valence-electron chi connectivity index (χ0n) is 8.56. The van der Waals surface area contributed by atoms with E-state index in [1.54, 1.807) is 0 Å². The second-order valence-electron chi connectivity index (χ2n) is 3.55. The number of pyridine rings is 1. The molecule has 0 radical (unpaired) electrons. The Hall–Kier alpha value is -0.950. The molecule has 0 fully saturated rings. The highest BCUT2D eigenvalue weighted by molar-refractivity contribution is 7.18. The predicted molar refractivity (Wildman–Crippen MR) is 59.3 cm³/mol. The molecule has 0 unspecified atom stereocenters. The van der Waals surface area contributed by atoms with Crippen LogP contribution < -0.4 is 0 Å². The summed E-state index contributed by atoms with van der Waals surface area (Å²) in [5.74, 6) is 0. The highest BCUT2D eigenvalue weighted by atomic mass is 35.5. The van der Waals surface area contributed by atoms with Crippen LogP contribution in [-0.4, -0.2) is 11.2 Å². The van der Waals surface area contributed by atoms with Crippen molar-refractivity contribution < 1.29 is 22.0 Å². The molecule has 0 aliphatic rings. The molecule has 0 bridgehead atoms. The first-order chi connectivity index (χ1) is 8.28. The lowest BCUT2D eigenvalue weighted by atomic mass is 10.2. The van der Waals surface area contributed by atoms with E-state index >= 15 is 0 Å². The zero-order chi connectivity index (χ0) is 13.5. The molecule has 0 saturated carbocycles. The van der Waals surface area contributed by atoms with Gasteiger partial charge in [-0.3, -0.25) is 0 Å². The van der Waals surface area contributed by atoms with E-state index in [-0.39, 0.29) is 20.1 Å². The molecule has 0 aliphatic carbocycles. The first-order valence-corrected chi connectivity index (χ1v) is 5.89. The monoisotopic (exact) mass is 301 g/mol. The van der Waals surface area contributed by atoms with Gasteiger partial charge >= 0.3 is 6.18 Å². The molecule has 98 valence electrons. The van der Waals surface area contributed by atoms with Gasteiger partial charge < -0.3 is 0 Å². The van der Waals surface area contributed by atoms with Crippen LogP contribution >= 0.6 is 22.9 Å². The van der Waals surface area contributed by atoms with Gasteiger partial charge in [0.05, 0.1) is 17.0 Å². The number of fused-ring (bicyclic) bond motifs is 1. The van der Waals surface area contributed by atoms with Gasteiger partial charge in [-0.25, -0.2) is 13.8 Å². The second kappa shape index (κ2) is 4.62. The van der Waals surface area contributed by atoms with Crippen LogP contribution in [0.3, 0.4) is 0 Å². The molecule has 0 amide bonds. The van der Waals surface area contributed by atoms with Crippen molar-refractivity contribution in [2.75, 3.05) is 0 Å². The van der Waals surface area contributed by atoms with Crippen molar-refractivity contribution in [1.82, 2.24) is 4.98 Å². The van der Waals surface area contributed by atoms with Crippen molar-refractivity contribution in [3.8, 4) is 0 Å². The molecule has 8 heteroatoms. The minimum atomic E-state index is -4.35. The fourth-order valence-corrected chi connectivity index (χ4v) is 2.83. The molecule has 0 saturated heterocycles. The van der Waals surface area contributed by atoms with E-state index in [4.69, 9.17) is 11.6 Å². The number of halogens is 6. The van der Waals surface area contributed by atoms with E-state index < -0.39 is 24.6 Å². The Bertz CT molecular complexity index is 577. The maximum Gasteiger partial charge on any atom is 0.393 e. The molecule has 2 aromatic heterocycles. The topological polar surface area (TPSA) is 12.9 Å². The zero-order valence-corrected chi connectivity index (χ0v) is 10.1. The maximum absolute atomic E-state index is 12.5. The summed E-state index contributed by atoms with van der Waals surface area (Å²) in [5.41, 5.74) is -0.472. The van der Waals surface area contributed by atoms with Crippen LogP contribution in [0.5, 0.6) is 0 Å². The van der Waals surface area contributed by atoms with Gasteiger partial charge in [-0.15, -0.1) is 11.3 Å². The maximum atomic E-state index is 12.5. The second-order valence-corrected chi connectivity index (χ2v) is 5.04. The Balaban J connectivity index is 2.49. The molecule has 0 aliphatic heterocycles. The Labute approximate surface area is 107 Å². The molecule has 0 spiro atoms. The summed E-state index contributed by atoms with van der Waals surface area (Å²) in [5, 5.41) is -0.0987. The van der Waals surface area contributed by atoms with Gasteiger partial charge in [0.25, 0.3) is 6.43 Å². The van der Waals surface area contributed by atoms with Crippen LogP contribution in [0, 0.1) is 0 Å². The lowest BCUT2D eigenvalue weighted by Gasteiger charge is -2.02. The van der Waals surface area contributed by atoms with E-state index in [0.29, 0.717) is 0 Å². The summed E-state index contributed by atoms with van der Waals surface area (Å²) in [4.78, 5) is 3.92. The Kier molecular flexibility index (Phi) is 3.46. The van der Waals surface area contributed by atoms with Crippen LogP contribution in [0.25, 0.3) is 10.2 Å². The Morgan fingerprint density at radius 2 is 2.00 bits per heavy atom. The Morgan fingerprint density at radius 1 is 1.33 bits per heavy atom. The number of thiophene rings is 1. The van der Waals surface area contributed by atoms with Gasteiger partial charge in [-0.05, 0) is 6.07 Å². The molecule has 0 atom stereocenters. The molecule has 1 nitrogen and oxygen atoms in total. The number of aromatic nitrogens is 1. The molecular weight excluding hydrogens is 297 g/mol. The molecule has 2 rings (SSSR count). The van der Waals surface area contributed by atoms with Crippen molar-refractivity contribution in [3.05, 3.63) is 27.7 Å². The summed E-state index contributed by atoms with van der Waals surface area (Å²) in [6.45, 7) is 0. The largest absolute Gasteiger partial charge is 0.393 e. The van der Waals surface area contributed by atoms with Gasteiger partial charge in [0.1, 0.15) is 4.83 Å². The lowest BCUT2D eigenvalue weighted by molar-refractivity contribution is -0.126. The van der Waals surface area contributed by atoms with E-state index in [1.165, 1.54) is 0 Å². The van der Waals surface area contributed by atoms with Crippen molar-refractivity contribution in [2.24, 2.45) is 0 Å². The lowest BCUT2D eigenvalue weighted by Crippen LogP contribution is -2.09. The van der Waals surface area contributed by atoms with Crippen molar-refractivity contribution >= 4 is 33.2 Å². The average molecular weight is 302 g/mol. The fraction of sp³-hybridized carbons (Fsp3) is 0.300. The summed E-state index contributed by atoms with van der Waals surface area (Å²) in [6.07, 6.45) is -7.38. The van der Waals surface area contributed by atoms with Crippen LogP contribution in [0.2, 0.25) is 5.02 Å². The fourth-order valence-electron chi connectivity index (χ4n) is 1.46. The van der Waals surface area contributed by atoms with Gasteiger partial charge in [0, 0.05) is 16.5 Å². The molecular formula is C10H5ClF5NS. The van der Waals surface area contributed by atoms with Crippen molar-refractivity contribution in [1.29, 1.82) is 0 Å². The first-order valence-electron chi connectivity index (χ1n) is 4.69. The quantitative estimate of drug-likeness (QED) is 0.712. The number of rotatable bonds is 2. The van der Waals surface area contributed by atoms with Crippen LogP contribution in [0.4, 0.5) is 22.0 Å². The first kappa shape index (κ1) is 13.5. The number of hydrogen-bond acceptors (Lipinski definition) is 2. The van der Waals surface area contributed by atoms with Crippen LogP contribution in [-0.2, 0) is 6.42 Å². The van der Waals surface area contributed by atoms with Gasteiger partial charge in [0.15, 0.2) is 0 Å². The molecule has 0 aromatic carbocycles. The predicted octanol–water partition coefficient (Wildman–Crippen LogP) is 4.99. The smallest absolute Gasteiger partial charge is 0.245 e. The van der Waals surface area contributed by atoms with E-state index in [9.17, 15) is 22.0 Å². The summed E-state index contributed by atoms with van der Waals surface area (Å²) < 4.78 is 61.7. The average Bonchev–Trinajstić information content (AvgIpc) is 2.58. The van der Waals surface area contributed by atoms with E-state index in [1.807, 2.05) is 0 Å². The number of nitrogens with zero attached hydrogens (tertiary/aromatic N) is 1. The summed E-state index contributed by atoms with van der Waals surface area (Å²) in [7, 11) is 0. The third-order valence-electron chi connectivity index (χ3n) is 2.18. The third kappa shape index (κ3) is 2.72. The molecule has 2 heterocycles. The summed E-state index contributed by atoms with van der Waals surface area (Å²) >= 11 is 6.52. The molecule has 2 aromatic rings. The Morgan fingerprint density at radius 3 is 2.56 bits per heavy atom. The summed E-state index contributed by atoms with van der Waals surface area (Å²) in [6, 6.07) is 1.16. The van der Waals surface area contributed by atoms with Gasteiger partial charge in [0.2, 0.25) is 0 Å². The number of alkyl halides is 5. The highest BCUT2D eigenvalue weighted by Gasteiger charge is 2.29. The minimum Gasteiger partial charge on any atom is -0.245 e. The molecule has 0 N–H and O–H groups in total. The normalized spacial score (nSPS) is 12.6. The number of hydrogen-bond donors (Lipinski definition) is 0. The minimum absolute atomic E-state index is 0.00156. The van der Waals surface area contributed by atoms with Crippen molar-refractivity contribution in [3.63, 3.8) is 0 Å². The standard InChI is InChI=1S/C10H5ClF5NS/c11-7-5-1-4(2-10(14,15)16)18-9(5)17-3-6(7)8(12)13/h1,3,8H,2H2. The van der Waals surface area contributed by atoms with Crippen molar-refractivity contribution in [2.45, 2.75) is 19.0 Å². The highest BCUT2D eigenvalue weighted by Crippen LogP contribution is 2.37. The van der Waals surface area contributed by atoms with Gasteiger partial charge in [-0.2, -0.15) is 13.2 Å².